The number of carbonyl (C=O) groups is 1. The normalized spacial score (nSPS) is 14.0. The molecule has 0 aliphatic carbocycles. The largest absolute Gasteiger partial charge is 0.491 e. The Bertz CT molecular complexity index is 746. The fraction of sp³-hybridized carbons (Fsp3) is 0.474. The van der Waals surface area contributed by atoms with Crippen LogP contribution in [0.4, 0.5) is 0 Å². The standard InChI is InChI=1S/C19H26N4O2/c1-19(2,3)14-6-4-5-7-16(14)25-11-10-21-18(24)17-13-12-20-9-8-15(13)22-23-17/h4-7,20H,8-12H2,1-3H3,(H,21,24)(H,22,23). The van der Waals surface area contributed by atoms with Crippen LogP contribution in [0.15, 0.2) is 24.3 Å². The van der Waals surface area contributed by atoms with Gasteiger partial charge >= 0.3 is 0 Å². The maximum atomic E-state index is 12.3. The van der Waals surface area contributed by atoms with Crippen molar-refractivity contribution in [3.8, 4) is 5.75 Å². The van der Waals surface area contributed by atoms with E-state index >= 15 is 0 Å². The Hall–Kier alpha value is -2.34. The highest BCUT2D eigenvalue weighted by molar-refractivity contribution is 5.94. The molecule has 2 heterocycles. The Morgan fingerprint density at radius 1 is 1.32 bits per heavy atom. The van der Waals surface area contributed by atoms with Crippen molar-refractivity contribution in [2.24, 2.45) is 0 Å². The van der Waals surface area contributed by atoms with Gasteiger partial charge < -0.3 is 15.4 Å². The number of nitrogens with one attached hydrogen (secondary N) is 3. The van der Waals surface area contributed by atoms with Gasteiger partial charge in [-0.2, -0.15) is 5.10 Å². The predicted octanol–water partition coefficient (Wildman–Crippen LogP) is 2.16. The minimum Gasteiger partial charge on any atom is -0.491 e. The van der Waals surface area contributed by atoms with E-state index in [2.05, 4.69) is 47.7 Å². The third-order valence-electron chi connectivity index (χ3n) is 4.36. The third-order valence-corrected chi connectivity index (χ3v) is 4.36. The Labute approximate surface area is 148 Å². The highest BCUT2D eigenvalue weighted by Crippen LogP contribution is 2.30. The van der Waals surface area contributed by atoms with Crippen LogP contribution in [0.5, 0.6) is 5.75 Å². The molecule has 3 rings (SSSR count). The number of rotatable bonds is 5. The monoisotopic (exact) mass is 342 g/mol. The Morgan fingerprint density at radius 2 is 2.12 bits per heavy atom. The maximum absolute atomic E-state index is 12.3. The van der Waals surface area contributed by atoms with Gasteiger partial charge in [0.15, 0.2) is 5.69 Å². The molecule has 1 aromatic heterocycles. The summed E-state index contributed by atoms with van der Waals surface area (Å²) in [5, 5.41) is 13.3. The number of hydrogen-bond acceptors (Lipinski definition) is 4. The first-order chi connectivity index (χ1) is 12.0. The minimum absolute atomic E-state index is 0.0148. The number of benzene rings is 1. The molecule has 25 heavy (non-hydrogen) atoms. The number of amides is 1. The van der Waals surface area contributed by atoms with E-state index in [0.717, 1.165) is 35.5 Å². The van der Waals surface area contributed by atoms with Gasteiger partial charge in [-0.1, -0.05) is 39.0 Å². The molecule has 1 aliphatic heterocycles. The van der Waals surface area contributed by atoms with E-state index < -0.39 is 0 Å². The molecule has 0 spiro atoms. The molecule has 6 heteroatoms. The van der Waals surface area contributed by atoms with Gasteiger partial charge in [-0.3, -0.25) is 9.89 Å². The van der Waals surface area contributed by atoms with E-state index in [1.807, 2.05) is 18.2 Å². The van der Waals surface area contributed by atoms with Crippen molar-refractivity contribution >= 4 is 5.91 Å². The van der Waals surface area contributed by atoms with Crippen LogP contribution >= 0.6 is 0 Å². The molecule has 1 aliphatic rings. The van der Waals surface area contributed by atoms with Gasteiger partial charge in [0.05, 0.1) is 6.54 Å². The molecule has 2 aromatic rings. The lowest BCUT2D eigenvalue weighted by molar-refractivity contribution is 0.0940. The maximum Gasteiger partial charge on any atom is 0.272 e. The summed E-state index contributed by atoms with van der Waals surface area (Å²) in [5.41, 5.74) is 3.69. The lowest BCUT2D eigenvalue weighted by Crippen LogP contribution is -2.31. The summed E-state index contributed by atoms with van der Waals surface area (Å²) in [6.07, 6.45) is 0.877. The van der Waals surface area contributed by atoms with Crippen molar-refractivity contribution in [3.05, 3.63) is 46.8 Å². The van der Waals surface area contributed by atoms with Crippen LogP contribution in [0.2, 0.25) is 0 Å². The van der Waals surface area contributed by atoms with Crippen LogP contribution < -0.4 is 15.4 Å². The summed E-state index contributed by atoms with van der Waals surface area (Å²) in [6.45, 7) is 8.93. The highest BCUT2D eigenvalue weighted by atomic mass is 16.5. The summed E-state index contributed by atoms with van der Waals surface area (Å²) in [5.74, 6) is 0.708. The summed E-state index contributed by atoms with van der Waals surface area (Å²) in [6, 6.07) is 8.03. The van der Waals surface area contributed by atoms with Gasteiger partial charge in [0.25, 0.3) is 5.91 Å². The van der Waals surface area contributed by atoms with Gasteiger partial charge in [-0.05, 0) is 17.0 Å². The first kappa shape index (κ1) is 17.5. The number of H-pyrrole nitrogens is 1. The zero-order valence-corrected chi connectivity index (χ0v) is 15.1. The number of carbonyl (C=O) groups excluding carboxylic acids is 1. The topological polar surface area (TPSA) is 79.0 Å². The van der Waals surface area contributed by atoms with Crippen LogP contribution in [0, 0.1) is 0 Å². The second kappa shape index (κ2) is 7.27. The molecule has 134 valence electrons. The number of hydrogen-bond donors (Lipinski definition) is 3. The predicted molar refractivity (Wildman–Crippen MR) is 97.0 cm³/mol. The lowest BCUT2D eigenvalue weighted by atomic mass is 9.86. The van der Waals surface area contributed by atoms with E-state index in [1.165, 1.54) is 0 Å². The second-order valence-electron chi connectivity index (χ2n) is 7.31. The Balaban J connectivity index is 1.54. The van der Waals surface area contributed by atoms with Crippen molar-refractivity contribution in [1.82, 2.24) is 20.8 Å². The Kier molecular flexibility index (Phi) is 5.08. The van der Waals surface area contributed by atoms with E-state index in [9.17, 15) is 4.79 Å². The molecule has 6 nitrogen and oxygen atoms in total. The first-order valence-electron chi connectivity index (χ1n) is 8.74. The molecule has 0 saturated carbocycles. The van der Waals surface area contributed by atoms with Crippen LogP contribution in [-0.2, 0) is 18.4 Å². The Morgan fingerprint density at radius 3 is 2.92 bits per heavy atom. The van der Waals surface area contributed by atoms with Crippen molar-refractivity contribution in [2.75, 3.05) is 19.7 Å². The van der Waals surface area contributed by atoms with Crippen molar-refractivity contribution in [3.63, 3.8) is 0 Å². The number of fused-ring (bicyclic) bond motifs is 1. The molecule has 0 saturated heterocycles. The van der Waals surface area contributed by atoms with Gasteiger partial charge in [0.1, 0.15) is 12.4 Å². The first-order valence-corrected chi connectivity index (χ1v) is 8.74. The zero-order valence-electron chi connectivity index (χ0n) is 15.1. The number of nitrogens with zero attached hydrogens (tertiary/aromatic N) is 1. The third kappa shape index (κ3) is 4.02. The number of ether oxygens (including phenoxy) is 1. The smallest absolute Gasteiger partial charge is 0.272 e. The molecule has 0 atom stereocenters. The molecule has 1 amide bonds. The molecule has 1 aromatic carbocycles. The SMILES string of the molecule is CC(C)(C)c1ccccc1OCCNC(=O)c1n[nH]c2c1CNCC2. The van der Waals surface area contributed by atoms with Crippen LogP contribution in [0.3, 0.4) is 0 Å². The molecule has 0 unspecified atom stereocenters. The summed E-state index contributed by atoms with van der Waals surface area (Å²) in [4.78, 5) is 12.3. The van der Waals surface area contributed by atoms with E-state index in [1.54, 1.807) is 0 Å². The van der Waals surface area contributed by atoms with Crippen molar-refractivity contribution in [2.45, 2.75) is 39.2 Å². The lowest BCUT2D eigenvalue weighted by Gasteiger charge is -2.22. The van der Waals surface area contributed by atoms with Gasteiger partial charge in [0.2, 0.25) is 0 Å². The van der Waals surface area contributed by atoms with Gasteiger partial charge in [0, 0.05) is 30.8 Å². The number of para-hydroxylation sites is 1. The molecular weight excluding hydrogens is 316 g/mol. The van der Waals surface area contributed by atoms with E-state index in [-0.39, 0.29) is 11.3 Å². The van der Waals surface area contributed by atoms with E-state index in [4.69, 9.17) is 4.74 Å². The molecule has 0 radical (unpaired) electrons. The summed E-state index contributed by atoms with van der Waals surface area (Å²) in [7, 11) is 0. The summed E-state index contributed by atoms with van der Waals surface area (Å²) >= 11 is 0. The molecule has 0 fully saturated rings. The fourth-order valence-corrected chi connectivity index (χ4v) is 3.03. The highest BCUT2D eigenvalue weighted by Gasteiger charge is 2.21. The van der Waals surface area contributed by atoms with E-state index in [0.29, 0.717) is 25.4 Å². The van der Waals surface area contributed by atoms with Crippen LogP contribution in [0.1, 0.15) is 48.1 Å². The molecule has 3 N–H and O–H groups in total. The average molecular weight is 342 g/mol. The zero-order chi connectivity index (χ0) is 17.9. The fourth-order valence-electron chi connectivity index (χ4n) is 3.03. The van der Waals surface area contributed by atoms with Gasteiger partial charge in [-0.15, -0.1) is 0 Å². The average Bonchev–Trinajstić information content (AvgIpc) is 3.02. The quantitative estimate of drug-likeness (QED) is 0.728. The van der Waals surface area contributed by atoms with Crippen molar-refractivity contribution in [1.29, 1.82) is 0 Å². The number of aromatic nitrogens is 2. The van der Waals surface area contributed by atoms with Crippen molar-refractivity contribution < 1.29 is 9.53 Å². The minimum atomic E-state index is -0.158. The van der Waals surface area contributed by atoms with Crippen LogP contribution in [0.25, 0.3) is 0 Å². The van der Waals surface area contributed by atoms with Crippen LogP contribution in [-0.4, -0.2) is 35.8 Å². The number of aromatic amines is 1. The molecular formula is C19H26N4O2. The van der Waals surface area contributed by atoms with Gasteiger partial charge in [-0.25, -0.2) is 0 Å². The summed E-state index contributed by atoms with van der Waals surface area (Å²) < 4.78 is 5.89. The second-order valence-corrected chi connectivity index (χ2v) is 7.31. The molecule has 0 bridgehead atoms.